The van der Waals surface area contributed by atoms with Crippen LogP contribution in [0.1, 0.15) is 39.3 Å². The minimum Gasteiger partial charge on any atom is -0.461 e. The molecule has 2 aromatic rings. The lowest BCUT2D eigenvalue weighted by Crippen LogP contribution is -2.42. The average Bonchev–Trinajstić information content (AvgIpc) is 3.34. The Balaban J connectivity index is 1.69. The molecule has 8 nitrogen and oxygen atoms in total. The van der Waals surface area contributed by atoms with Crippen molar-refractivity contribution in [2.24, 2.45) is 0 Å². The Morgan fingerprint density at radius 1 is 1.30 bits per heavy atom. The molecule has 1 atom stereocenters. The van der Waals surface area contributed by atoms with Crippen LogP contribution in [0, 0.1) is 12.3 Å². The van der Waals surface area contributed by atoms with E-state index in [4.69, 9.17) is 20.6 Å². The second kappa shape index (κ2) is 10.1. The Bertz CT molecular complexity index is 1020. The smallest absolute Gasteiger partial charge is 0.410 e. The van der Waals surface area contributed by atoms with Crippen LogP contribution in [0.2, 0.25) is 25.7 Å². The number of fused-ring (bicyclic) bond motifs is 1. The quantitative estimate of drug-likeness (QED) is 0.320. The summed E-state index contributed by atoms with van der Waals surface area (Å²) in [7, 11) is -1.15. The van der Waals surface area contributed by atoms with Crippen LogP contribution < -0.4 is 4.74 Å². The summed E-state index contributed by atoms with van der Waals surface area (Å²) in [6.07, 6.45) is 9.02. The zero-order chi connectivity index (χ0) is 24.2. The molecule has 0 saturated carbocycles. The number of hydrogen-bond donors (Lipinski definition) is 0. The summed E-state index contributed by atoms with van der Waals surface area (Å²) >= 11 is 0. The first-order valence-electron chi connectivity index (χ1n) is 11.5. The molecule has 1 aliphatic rings. The van der Waals surface area contributed by atoms with Crippen molar-refractivity contribution in [1.29, 1.82) is 0 Å². The van der Waals surface area contributed by atoms with Crippen molar-refractivity contribution in [3.05, 3.63) is 18.0 Å². The first kappa shape index (κ1) is 25.1. The highest BCUT2D eigenvalue weighted by Crippen LogP contribution is 2.23. The molecule has 0 aromatic carbocycles. The lowest BCUT2D eigenvalue weighted by atomic mass is 10.2. The predicted molar refractivity (Wildman–Crippen MR) is 131 cm³/mol. The highest BCUT2D eigenvalue weighted by Gasteiger charge is 2.32. The second-order valence-electron chi connectivity index (χ2n) is 10.7. The molecular weight excluding hydrogens is 436 g/mol. The number of carbonyl (C=O) groups excluding carboxylic acids is 1. The Hall–Kier alpha value is -2.57. The molecule has 9 heteroatoms. The minimum absolute atomic E-state index is 0.0925. The van der Waals surface area contributed by atoms with Crippen LogP contribution in [0.5, 0.6) is 6.01 Å². The van der Waals surface area contributed by atoms with Crippen molar-refractivity contribution < 1.29 is 19.0 Å². The average molecular weight is 473 g/mol. The largest absolute Gasteiger partial charge is 0.461 e. The molecule has 180 valence electrons. The van der Waals surface area contributed by atoms with Crippen molar-refractivity contribution in [2.45, 2.75) is 77.7 Å². The lowest BCUT2D eigenvalue weighted by Gasteiger charge is -2.28. The van der Waals surface area contributed by atoms with Crippen molar-refractivity contribution in [3.8, 4) is 18.4 Å². The number of terminal acetylenes is 1. The highest BCUT2D eigenvalue weighted by molar-refractivity contribution is 6.76. The first-order valence-corrected chi connectivity index (χ1v) is 15.2. The molecule has 0 N–H and O–H groups in total. The standard InChI is InChI=1S/C24H36N4O4Si/c1-8-20-19-11-13-27(17-30-14-15-33(5,6)7)21(19)26-22(25-20)31-16-18-10-9-12-28(18)23(29)32-24(2,3)4/h1,11,13,18H,9-10,12,14-17H2,2-7H3/t18-/m0/s1. The van der Waals surface area contributed by atoms with Crippen molar-refractivity contribution in [1.82, 2.24) is 19.4 Å². The van der Waals surface area contributed by atoms with Crippen LogP contribution in [-0.4, -0.2) is 65.0 Å². The van der Waals surface area contributed by atoms with Gasteiger partial charge in [-0.3, -0.25) is 0 Å². The second-order valence-corrected chi connectivity index (χ2v) is 16.3. The van der Waals surface area contributed by atoms with E-state index in [1.54, 1.807) is 4.90 Å². The molecule has 0 unspecified atom stereocenters. The van der Waals surface area contributed by atoms with E-state index in [1.165, 1.54) is 0 Å². The summed E-state index contributed by atoms with van der Waals surface area (Å²) in [6, 6.07) is 3.11. The third kappa shape index (κ3) is 6.95. The fraction of sp³-hybridized carbons (Fsp3) is 0.625. The predicted octanol–water partition coefficient (Wildman–Crippen LogP) is 4.50. The summed E-state index contributed by atoms with van der Waals surface area (Å²) < 4.78 is 19.3. The van der Waals surface area contributed by atoms with Gasteiger partial charge in [0.25, 0.3) is 0 Å². The van der Waals surface area contributed by atoms with Gasteiger partial charge in [0, 0.05) is 27.4 Å². The van der Waals surface area contributed by atoms with Gasteiger partial charge < -0.3 is 23.7 Å². The molecule has 1 amide bonds. The van der Waals surface area contributed by atoms with E-state index in [-0.39, 0.29) is 24.8 Å². The fourth-order valence-electron chi connectivity index (χ4n) is 3.61. The number of likely N-dealkylation sites (tertiary alicyclic amines) is 1. The number of amides is 1. The molecule has 1 saturated heterocycles. The first-order chi connectivity index (χ1) is 15.5. The zero-order valence-electron chi connectivity index (χ0n) is 20.7. The highest BCUT2D eigenvalue weighted by atomic mass is 28.3. The number of nitrogens with zero attached hydrogens (tertiary/aromatic N) is 4. The van der Waals surface area contributed by atoms with Crippen LogP contribution >= 0.6 is 0 Å². The monoisotopic (exact) mass is 472 g/mol. The van der Waals surface area contributed by atoms with E-state index in [2.05, 4.69) is 35.5 Å². The van der Waals surface area contributed by atoms with E-state index in [1.807, 2.05) is 37.6 Å². The summed E-state index contributed by atoms with van der Waals surface area (Å²) in [5.41, 5.74) is 0.617. The Kier molecular flexibility index (Phi) is 7.70. The number of ether oxygens (including phenoxy) is 3. The third-order valence-corrected chi connectivity index (χ3v) is 7.08. The Morgan fingerprint density at radius 2 is 2.06 bits per heavy atom. The van der Waals surface area contributed by atoms with Gasteiger partial charge in [-0.1, -0.05) is 19.6 Å². The Morgan fingerprint density at radius 3 is 2.73 bits per heavy atom. The van der Waals surface area contributed by atoms with E-state index >= 15 is 0 Å². The third-order valence-electron chi connectivity index (χ3n) is 5.37. The molecular formula is C24H36N4O4Si. The lowest BCUT2D eigenvalue weighted by molar-refractivity contribution is 0.0184. The van der Waals surface area contributed by atoms with E-state index in [0.717, 1.165) is 24.3 Å². The van der Waals surface area contributed by atoms with E-state index in [0.29, 0.717) is 31.2 Å². The molecule has 0 bridgehead atoms. The molecule has 1 aliphatic heterocycles. The minimum atomic E-state index is -1.15. The molecule has 0 aliphatic carbocycles. The SMILES string of the molecule is C#Cc1nc(OC[C@@H]2CCCN2C(=O)OC(C)(C)C)nc2c1ccn2COCC[Si](C)(C)C. The van der Waals surface area contributed by atoms with Gasteiger partial charge in [-0.05, 0) is 51.6 Å². The number of aromatic nitrogens is 3. The maximum Gasteiger partial charge on any atom is 0.410 e. The maximum absolute atomic E-state index is 12.5. The number of hydrogen-bond acceptors (Lipinski definition) is 6. The zero-order valence-corrected chi connectivity index (χ0v) is 21.7. The van der Waals surface area contributed by atoms with Gasteiger partial charge in [-0.2, -0.15) is 9.97 Å². The molecule has 2 aromatic heterocycles. The van der Waals surface area contributed by atoms with Crippen molar-refractivity contribution >= 4 is 25.2 Å². The number of carbonyl (C=O) groups is 1. The molecule has 0 radical (unpaired) electrons. The van der Waals surface area contributed by atoms with Gasteiger partial charge in [0.05, 0.1) is 11.4 Å². The maximum atomic E-state index is 12.5. The van der Waals surface area contributed by atoms with Crippen LogP contribution in [0.15, 0.2) is 12.3 Å². The van der Waals surface area contributed by atoms with Crippen LogP contribution in [0.4, 0.5) is 4.79 Å². The van der Waals surface area contributed by atoms with Gasteiger partial charge in [0.2, 0.25) is 0 Å². The van der Waals surface area contributed by atoms with Crippen LogP contribution in [-0.2, 0) is 16.2 Å². The van der Waals surface area contributed by atoms with Gasteiger partial charge in [-0.15, -0.1) is 6.42 Å². The summed E-state index contributed by atoms with van der Waals surface area (Å²) in [4.78, 5) is 23.2. The van der Waals surface area contributed by atoms with Gasteiger partial charge >= 0.3 is 12.1 Å². The molecule has 3 rings (SSSR count). The molecule has 3 heterocycles. The van der Waals surface area contributed by atoms with Crippen molar-refractivity contribution in [2.75, 3.05) is 19.8 Å². The molecule has 33 heavy (non-hydrogen) atoms. The van der Waals surface area contributed by atoms with Crippen LogP contribution in [0.3, 0.4) is 0 Å². The Labute approximate surface area is 197 Å². The van der Waals surface area contributed by atoms with E-state index in [9.17, 15) is 4.79 Å². The molecule has 1 fully saturated rings. The van der Waals surface area contributed by atoms with Crippen molar-refractivity contribution in [3.63, 3.8) is 0 Å². The van der Waals surface area contributed by atoms with Gasteiger partial charge in [0.1, 0.15) is 30.3 Å². The summed E-state index contributed by atoms with van der Waals surface area (Å²) in [5.74, 6) is 2.63. The molecule has 0 spiro atoms. The fourth-order valence-corrected chi connectivity index (χ4v) is 4.36. The normalized spacial score (nSPS) is 16.8. The van der Waals surface area contributed by atoms with Gasteiger partial charge in [0.15, 0.2) is 0 Å². The topological polar surface area (TPSA) is 78.7 Å². The summed E-state index contributed by atoms with van der Waals surface area (Å²) in [6.45, 7) is 14.6. The van der Waals surface area contributed by atoms with E-state index < -0.39 is 13.7 Å². The van der Waals surface area contributed by atoms with Crippen LogP contribution in [0.25, 0.3) is 11.0 Å². The summed E-state index contributed by atoms with van der Waals surface area (Å²) in [5, 5.41) is 0.787. The number of rotatable bonds is 8. The van der Waals surface area contributed by atoms with Gasteiger partial charge in [-0.25, -0.2) is 4.79 Å².